The number of fused-ring (bicyclic) bond motifs is 1. The van der Waals surface area contributed by atoms with Gasteiger partial charge in [0.25, 0.3) is 5.91 Å². The molecule has 10 nitrogen and oxygen atoms in total. The molecule has 3 N–H and O–H groups in total. The largest absolute Gasteiger partial charge is 0.484 e. The number of nitrogens with one attached hydrogen (secondary N) is 3. The smallest absolute Gasteiger partial charge is 0.329 e. The number of rotatable bonds is 8. The number of halogens is 2. The van der Waals surface area contributed by atoms with Crippen LogP contribution in [0.1, 0.15) is 11.1 Å². The van der Waals surface area contributed by atoms with E-state index in [1.54, 1.807) is 60.7 Å². The van der Waals surface area contributed by atoms with Crippen LogP contribution in [-0.4, -0.2) is 37.3 Å². The number of hydrazone groups is 1. The van der Waals surface area contributed by atoms with Gasteiger partial charge in [-0.3, -0.25) is 14.4 Å². The third-order valence-electron chi connectivity index (χ3n) is 4.85. The normalized spacial score (nSPS) is 11.7. The molecule has 0 aromatic heterocycles. The summed E-state index contributed by atoms with van der Waals surface area (Å²) in [7, 11) is 0. The minimum atomic E-state index is -0.929. The highest BCUT2D eigenvalue weighted by Gasteiger charge is 2.15. The fraction of sp³-hybridized carbons (Fsp3) is 0.120. The number of hydrogen-bond acceptors (Lipinski definition) is 7. The average Bonchev–Trinajstić information content (AvgIpc) is 3.33. The lowest BCUT2D eigenvalue weighted by atomic mass is 10.2. The maximum atomic E-state index is 12.2. The monoisotopic (exact) mass is 542 g/mol. The fourth-order valence-electron chi connectivity index (χ4n) is 3.19. The van der Waals surface area contributed by atoms with E-state index in [0.717, 1.165) is 5.56 Å². The summed E-state index contributed by atoms with van der Waals surface area (Å²) >= 11 is 11.8. The van der Waals surface area contributed by atoms with Gasteiger partial charge in [0.1, 0.15) is 5.75 Å². The van der Waals surface area contributed by atoms with E-state index in [1.165, 1.54) is 6.21 Å². The highest BCUT2D eigenvalue weighted by molar-refractivity contribution is 6.35. The van der Waals surface area contributed by atoms with Crippen LogP contribution in [0.15, 0.2) is 65.8 Å². The van der Waals surface area contributed by atoms with Crippen LogP contribution in [0.25, 0.3) is 0 Å². The Morgan fingerprint density at radius 1 is 0.946 bits per heavy atom. The molecule has 3 aromatic rings. The maximum absolute atomic E-state index is 12.2. The third-order valence-corrected chi connectivity index (χ3v) is 5.29. The SMILES string of the molecule is O=C(COc1cccc(/C=N\NC(=O)C(=O)NCc2ccc3c(c2)OCO3)c1)Nc1cc(Cl)cc(Cl)c1. The van der Waals surface area contributed by atoms with E-state index in [4.69, 9.17) is 37.4 Å². The summed E-state index contributed by atoms with van der Waals surface area (Å²) < 4.78 is 16.0. The van der Waals surface area contributed by atoms with Gasteiger partial charge >= 0.3 is 11.8 Å². The van der Waals surface area contributed by atoms with Gasteiger partial charge < -0.3 is 24.8 Å². The standard InChI is InChI=1S/C25H20Cl2N4O6/c26-17-8-18(27)10-19(9-17)30-23(32)13-35-20-3-1-2-15(6-20)12-29-31-25(34)24(33)28-11-16-4-5-21-22(7-16)37-14-36-21/h1-10,12H,11,13-14H2,(H,28,33)(H,30,32)(H,31,34)/b29-12-. The Morgan fingerprint density at radius 2 is 1.73 bits per heavy atom. The van der Waals surface area contributed by atoms with Gasteiger partial charge in [-0.25, -0.2) is 5.43 Å². The average molecular weight is 543 g/mol. The van der Waals surface area contributed by atoms with E-state index in [2.05, 4.69) is 21.2 Å². The quantitative estimate of drug-likeness (QED) is 0.227. The molecule has 1 aliphatic heterocycles. The van der Waals surface area contributed by atoms with Crippen molar-refractivity contribution in [2.75, 3.05) is 18.7 Å². The number of amides is 3. The summed E-state index contributed by atoms with van der Waals surface area (Å²) in [4.78, 5) is 36.2. The minimum absolute atomic E-state index is 0.129. The number of ether oxygens (including phenoxy) is 3. The molecule has 0 fully saturated rings. The van der Waals surface area contributed by atoms with Crippen LogP contribution in [0.2, 0.25) is 10.0 Å². The van der Waals surface area contributed by atoms with E-state index in [9.17, 15) is 14.4 Å². The summed E-state index contributed by atoms with van der Waals surface area (Å²) in [5.74, 6) is -0.574. The summed E-state index contributed by atoms with van der Waals surface area (Å²) in [5.41, 5.74) is 3.93. The lowest BCUT2D eigenvalue weighted by molar-refractivity contribution is -0.139. The van der Waals surface area contributed by atoms with Crippen molar-refractivity contribution in [1.29, 1.82) is 0 Å². The van der Waals surface area contributed by atoms with Crippen LogP contribution in [-0.2, 0) is 20.9 Å². The van der Waals surface area contributed by atoms with Crippen LogP contribution < -0.4 is 30.3 Å². The van der Waals surface area contributed by atoms with Gasteiger partial charge in [-0.05, 0) is 53.6 Å². The Hall–Kier alpha value is -4.28. The summed E-state index contributed by atoms with van der Waals surface area (Å²) in [6.07, 6.45) is 1.34. The van der Waals surface area contributed by atoms with Crippen molar-refractivity contribution in [3.8, 4) is 17.2 Å². The van der Waals surface area contributed by atoms with Crippen molar-refractivity contribution in [3.05, 3.63) is 81.8 Å². The predicted octanol–water partition coefficient (Wildman–Crippen LogP) is 3.51. The first-order valence-electron chi connectivity index (χ1n) is 10.8. The lowest BCUT2D eigenvalue weighted by Crippen LogP contribution is -2.37. The second-order valence-corrected chi connectivity index (χ2v) is 8.51. The van der Waals surface area contributed by atoms with Crippen LogP contribution in [0.4, 0.5) is 5.69 Å². The summed E-state index contributed by atoms with van der Waals surface area (Å²) in [5, 5.41) is 9.72. The molecule has 1 aliphatic rings. The van der Waals surface area contributed by atoms with E-state index < -0.39 is 17.7 Å². The third kappa shape index (κ3) is 7.60. The molecule has 3 amide bonds. The molecule has 0 unspecified atom stereocenters. The summed E-state index contributed by atoms with van der Waals surface area (Å²) in [6, 6.07) is 16.6. The Morgan fingerprint density at radius 3 is 2.54 bits per heavy atom. The fourth-order valence-corrected chi connectivity index (χ4v) is 3.71. The van der Waals surface area contributed by atoms with Gasteiger partial charge in [-0.15, -0.1) is 0 Å². The van der Waals surface area contributed by atoms with Gasteiger partial charge in [-0.2, -0.15) is 5.10 Å². The van der Waals surface area contributed by atoms with E-state index in [0.29, 0.717) is 38.5 Å². The zero-order chi connectivity index (χ0) is 26.2. The van der Waals surface area contributed by atoms with E-state index in [-0.39, 0.29) is 19.9 Å². The molecule has 0 aliphatic carbocycles. The zero-order valence-corrected chi connectivity index (χ0v) is 20.6. The van der Waals surface area contributed by atoms with E-state index in [1.807, 2.05) is 0 Å². The number of hydrogen-bond donors (Lipinski definition) is 3. The first kappa shape index (κ1) is 25.8. The molecule has 37 heavy (non-hydrogen) atoms. The van der Waals surface area contributed by atoms with Gasteiger partial charge in [0, 0.05) is 22.3 Å². The second-order valence-electron chi connectivity index (χ2n) is 7.64. The van der Waals surface area contributed by atoms with Crippen molar-refractivity contribution in [2.24, 2.45) is 5.10 Å². The molecule has 0 bridgehead atoms. The number of nitrogens with zero attached hydrogens (tertiary/aromatic N) is 1. The first-order valence-corrected chi connectivity index (χ1v) is 11.6. The van der Waals surface area contributed by atoms with Gasteiger partial charge in [0.2, 0.25) is 6.79 Å². The molecule has 0 spiro atoms. The lowest BCUT2D eigenvalue weighted by Gasteiger charge is -2.09. The molecule has 190 valence electrons. The molecule has 0 saturated carbocycles. The van der Waals surface area contributed by atoms with Gasteiger partial charge in [-0.1, -0.05) is 41.4 Å². The molecule has 0 saturated heterocycles. The highest BCUT2D eigenvalue weighted by Crippen LogP contribution is 2.32. The topological polar surface area (TPSA) is 127 Å². The maximum Gasteiger partial charge on any atom is 0.329 e. The van der Waals surface area contributed by atoms with Crippen molar-refractivity contribution < 1.29 is 28.6 Å². The second kappa shape index (κ2) is 12.1. The summed E-state index contributed by atoms with van der Waals surface area (Å²) in [6.45, 7) is 0.0184. The number of carbonyl (C=O) groups is 3. The Kier molecular flexibility index (Phi) is 8.44. The van der Waals surface area contributed by atoms with Crippen molar-refractivity contribution in [1.82, 2.24) is 10.7 Å². The zero-order valence-electron chi connectivity index (χ0n) is 19.1. The first-order chi connectivity index (χ1) is 17.9. The molecular formula is C25H20Cl2N4O6. The predicted molar refractivity (Wildman–Crippen MR) is 137 cm³/mol. The Bertz CT molecular complexity index is 1340. The molecule has 0 radical (unpaired) electrons. The highest BCUT2D eigenvalue weighted by atomic mass is 35.5. The molecule has 12 heteroatoms. The van der Waals surface area contributed by atoms with Crippen molar-refractivity contribution in [2.45, 2.75) is 6.54 Å². The number of benzene rings is 3. The molecule has 1 heterocycles. The molecular weight excluding hydrogens is 523 g/mol. The van der Waals surface area contributed by atoms with Crippen LogP contribution in [0, 0.1) is 0 Å². The van der Waals surface area contributed by atoms with Crippen molar-refractivity contribution in [3.63, 3.8) is 0 Å². The Balaban J connectivity index is 1.22. The number of carbonyl (C=O) groups excluding carboxylic acids is 3. The van der Waals surface area contributed by atoms with Gasteiger partial charge in [0.15, 0.2) is 18.1 Å². The minimum Gasteiger partial charge on any atom is -0.484 e. The number of anilines is 1. The van der Waals surface area contributed by atoms with Gasteiger partial charge in [0.05, 0.1) is 6.21 Å². The van der Waals surface area contributed by atoms with Crippen LogP contribution in [0.3, 0.4) is 0 Å². The molecule has 0 atom stereocenters. The molecule has 4 rings (SSSR count). The van der Waals surface area contributed by atoms with Crippen LogP contribution >= 0.6 is 23.2 Å². The molecule has 3 aromatic carbocycles. The Labute approximate surface area is 221 Å². The van der Waals surface area contributed by atoms with Crippen molar-refractivity contribution >= 4 is 52.8 Å². The van der Waals surface area contributed by atoms with Crippen LogP contribution in [0.5, 0.6) is 17.2 Å². The van der Waals surface area contributed by atoms with E-state index >= 15 is 0 Å².